The molecule has 0 radical (unpaired) electrons. The number of rotatable bonds is 13. The number of hydrogen-bond donors (Lipinski definition) is 1. The van der Waals surface area contributed by atoms with Crippen LogP contribution in [-0.2, 0) is 40.4 Å². The van der Waals surface area contributed by atoms with Crippen LogP contribution < -0.4 is 5.32 Å². The lowest BCUT2D eigenvalue weighted by atomic mass is 10.1. The number of aryl methyl sites for hydroxylation is 1. The molecule has 0 saturated heterocycles. The van der Waals surface area contributed by atoms with Gasteiger partial charge < -0.3 is 10.1 Å². The van der Waals surface area contributed by atoms with E-state index >= 15 is 0 Å². The predicted molar refractivity (Wildman–Crippen MR) is 127 cm³/mol. The third kappa shape index (κ3) is 9.17. The Hall–Kier alpha value is -3.64. The smallest absolute Gasteiger partial charge is 0.407 e. The zero-order valence-electron chi connectivity index (χ0n) is 18.7. The highest BCUT2D eigenvalue weighted by Crippen LogP contribution is 2.09. The van der Waals surface area contributed by atoms with Crippen LogP contribution in [0.5, 0.6) is 0 Å². The molecule has 0 atom stereocenters. The number of hydrogen-bond acceptors (Lipinski definition) is 4. The minimum absolute atomic E-state index is 0.264. The van der Waals surface area contributed by atoms with E-state index in [1.807, 2.05) is 60.7 Å². The van der Waals surface area contributed by atoms with Gasteiger partial charge in [0.05, 0.1) is 0 Å². The summed E-state index contributed by atoms with van der Waals surface area (Å²) in [6.45, 7) is 1.69. The van der Waals surface area contributed by atoms with Gasteiger partial charge in [-0.05, 0) is 41.5 Å². The Morgan fingerprint density at radius 1 is 0.758 bits per heavy atom. The Balaban J connectivity index is 1.30. The van der Waals surface area contributed by atoms with Crippen LogP contribution in [0, 0.1) is 0 Å². The number of nitrogens with zero attached hydrogens (tertiary/aromatic N) is 1. The minimum Gasteiger partial charge on any atom is -0.445 e. The van der Waals surface area contributed by atoms with Crippen LogP contribution in [-0.4, -0.2) is 30.7 Å². The lowest BCUT2D eigenvalue weighted by Crippen LogP contribution is -2.26. The number of amides is 2. The van der Waals surface area contributed by atoms with Crippen molar-refractivity contribution < 1.29 is 19.2 Å². The first-order valence-corrected chi connectivity index (χ1v) is 11.1. The maximum atomic E-state index is 11.8. The molecule has 33 heavy (non-hydrogen) atoms. The molecule has 0 aliphatic rings. The van der Waals surface area contributed by atoms with Crippen molar-refractivity contribution in [1.29, 1.82) is 0 Å². The van der Waals surface area contributed by atoms with Gasteiger partial charge in [-0.25, -0.2) is 9.86 Å². The molecular weight excluding hydrogens is 416 g/mol. The average molecular weight is 447 g/mol. The lowest BCUT2D eigenvalue weighted by Gasteiger charge is -2.17. The van der Waals surface area contributed by atoms with Crippen LogP contribution in [0.1, 0.15) is 28.7 Å². The summed E-state index contributed by atoms with van der Waals surface area (Å²) in [6.07, 6.45) is 2.70. The maximum Gasteiger partial charge on any atom is 0.407 e. The molecule has 1 N–H and O–H groups in total. The van der Waals surface area contributed by atoms with Crippen LogP contribution in [0.25, 0.3) is 0 Å². The predicted octanol–water partition coefficient (Wildman–Crippen LogP) is 4.68. The first-order valence-electron chi connectivity index (χ1n) is 11.1. The molecule has 0 saturated carbocycles. The SMILES string of the molecule is O=CN(CCCc1ccc(CCNC(=O)OCc2ccccc2)cc1)OCc1ccccc1. The van der Waals surface area contributed by atoms with Crippen LogP contribution in [0.3, 0.4) is 0 Å². The Labute approximate surface area is 195 Å². The third-order valence-electron chi connectivity index (χ3n) is 5.12. The van der Waals surface area contributed by atoms with Crippen LogP contribution in [0.15, 0.2) is 84.9 Å². The van der Waals surface area contributed by atoms with Crippen molar-refractivity contribution in [1.82, 2.24) is 10.4 Å². The summed E-state index contributed by atoms with van der Waals surface area (Å²) >= 11 is 0. The van der Waals surface area contributed by atoms with Crippen molar-refractivity contribution >= 4 is 12.5 Å². The molecule has 6 heteroatoms. The summed E-state index contributed by atoms with van der Waals surface area (Å²) < 4.78 is 5.21. The number of carbonyl (C=O) groups excluding carboxylic acids is 2. The average Bonchev–Trinajstić information content (AvgIpc) is 2.87. The van der Waals surface area contributed by atoms with Gasteiger partial charge in [-0.3, -0.25) is 9.63 Å². The summed E-state index contributed by atoms with van der Waals surface area (Å²) in [4.78, 5) is 28.6. The zero-order chi connectivity index (χ0) is 23.1. The van der Waals surface area contributed by atoms with E-state index in [-0.39, 0.29) is 6.61 Å². The first kappa shape index (κ1) is 24.0. The maximum absolute atomic E-state index is 11.8. The highest BCUT2D eigenvalue weighted by atomic mass is 16.7. The Morgan fingerprint density at radius 3 is 1.94 bits per heavy atom. The summed E-state index contributed by atoms with van der Waals surface area (Å²) in [6, 6.07) is 27.7. The topological polar surface area (TPSA) is 67.9 Å². The molecule has 3 rings (SSSR count). The van der Waals surface area contributed by atoms with E-state index in [4.69, 9.17) is 9.57 Å². The zero-order valence-corrected chi connectivity index (χ0v) is 18.7. The van der Waals surface area contributed by atoms with Gasteiger partial charge in [-0.1, -0.05) is 84.9 Å². The molecule has 0 fully saturated rings. The molecule has 0 spiro atoms. The molecule has 0 unspecified atom stereocenters. The van der Waals surface area contributed by atoms with E-state index in [9.17, 15) is 9.59 Å². The monoisotopic (exact) mass is 446 g/mol. The van der Waals surface area contributed by atoms with Gasteiger partial charge in [0.2, 0.25) is 6.41 Å². The van der Waals surface area contributed by atoms with Crippen molar-refractivity contribution in [2.24, 2.45) is 0 Å². The lowest BCUT2D eigenvalue weighted by molar-refractivity contribution is -0.177. The van der Waals surface area contributed by atoms with Crippen LogP contribution in [0.2, 0.25) is 0 Å². The summed E-state index contributed by atoms with van der Waals surface area (Å²) in [5.41, 5.74) is 4.33. The Bertz CT molecular complexity index is 962. The van der Waals surface area contributed by atoms with Crippen molar-refractivity contribution in [3.8, 4) is 0 Å². The van der Waals surface area contributed by atoms with Gasteiger partial charge in [-0.2, -0.15) is 0 Å². The summed E-state index contributed by atoms with van der Waals surface area (Å²) in [5, 5.41) is 4.13. The molecule has 3 aromatic carbocycles. The van der Waals surface area contributed by atoms with E-state index in [0.717, 1.165) is 42.4 Å². The summed E-state index contributed by atoms with van der Waals surface area (Å²) in [7, 11) is 0. The molecule has 172 valence electrons. The normalized spacial score (nSPS) is 10.4. The Morgan fingerprint density at radius 2 is 1.33 bits per heavy atom. The highest BCUT2D eigenvalue weighted by Gasteiger charge is 2.05. The van der Waals surface area contributed by atoms with Crippen molar-refractivity contribution in [2.45, 2.75) is 32.5 Å². The van der Waals surface area contributed by atoms with E-state index in [0.29, 0.717) is 19.7 Å². The van der Waals surface area contributed by atoms with E-state index < -0.39 is 6.09 Å². The van der Waals surface area contributed by atoms with Gasteiger partial charge in [0, 0.05) is 13.1 Å². The standard InChI is InChI=1S/C27H30N2O4/c30-22-29(33-21-26-10-5-2-6-11-26)19-7-12-23-13-15-24(16-14-23)17-18-28-27(31)32-20-25-8-3-1-4-9-25/h1-6,8-11,13-16,22H,7,12,17-21H2,(H,28,31). The molecule has 6 nitrogen and oxygen atoms in total. The fourth-order valence-electron chi connectivity index (χ4n) is 3.27. The second-order valence-corrected chi connectivity index (χ2v) is 7.66. The number of carbonyl (C=O) groups is 2. The molecule has 0 heterocycles. The van der Waals surface area contributed by atoms with Gasteiger partial charge in [0.1, 0.15) is 13.2 Å². The van der Waals surface area contributed by atoms with Gasteiger partial charge >= 0.3 is 6.09 Å². The molecule has 0 bridgehead atoms. The number of ether oxygens (including phenoxy) is 1. The summed E-state index contributed by atoms with van der Waals surface area (Å²) in [5.74, 6) is 0. The fourth-order valence-corrected chi connectivity index (χ4v) is 3.27. The van der Waals surface area contributed by atoms with Crippen molar-refractivity contribution in [3.63, 3.8) is 0 Å². The molecule has 3 aromatic rings. The number of alkyl carbamates (subject to hydrolysis) is 1. The highest BCUT2D eigenvalue weighted by molar-refractivity contribution is 5.67. The Kier molecular flexibility index (Phi) is 9.97. The van der Waals surface area contributed by atoms with E-state index in [1.165, 1.54) is 10.6 Å². The van der Waals surface area contributed by atoms with E-state index in [2.05, 4.69) is 29.6 Å². The number of benzene rings is 3. The number of hydroxylamine groups is 2. The molecule has 2 amide bonds. The van der Waals surface area contributed by atoms with Crippen LogP contribution in [0.4, 0.5) is 4.79 Å². The number of nitrogens with one attached hydrogen (secondary N) is 1. The van der Waals surface area contributed by atoms with Crippen molar-refractivity contribution in [3.05, 3.63) is 107 Å². The minimum atomic E-state index is -0.412. The molecule has 0 aliphatic heterocycles. The van der Waals surface area contributed by atoms with Crippen molar-refractivity contribution in [2.75, 3.05) is 13.1 Å². The third-order valence-corrected chi connectivity index (χ3v) is 5.12. The second kappa shape index (κ2) is 13.7. The fraction of sp³-hybridized carbons (Fsp3) is 0.259. The second-order valence-electron chi connectivity index (χ2n) is 7.66. The largest absolute Gasteiger partial charge is 0.445 e. The quantitative estimate of drug-likeness (QED) is 0.306. The van der Waals surface area contributed by atoms with Gasteiger partial charge in [0.25, 0.3) is 0 Å². The van der Waals surface area contributed by atoms with Gasteiger partial charge in [0.15, 0.2) is 0 Å². The van der Waals surface area contributed by atoms with Crippen LogP contribution >= 0.6 is 0 Å². The molecular formula is C27H30N2O4. The molecule has 0 aromatic heterocycles. The molecule has 0 aliphatic carbocycles. The first-order chi connectivity index (χ1) is 16.2. The van der Waals surface area contributed by atoms with Gasteiger partial charge in [-0.15, -0.1) is 0 Å². The van der Waals surface area contributed by atoms with E-state index in [1.54, 1.807) is 0 Å².